The summed E-state index contributed by atoms with van der Waals surface area (Å²) in [7, 11) is 0. The predicted molar refractivity (Wildman–Crippen MR) is 22.3 cm³/mol. The van der Waals surface area contributed by atoms with Gasteiger partial charge in [0.15, 0.2) is 0 Å². The number of rotatable bonds is 1. The van der Waals surface area contributed by atoms with E-state index in [1.807, 2.05) is 0 Å². The molecule has 1 heterocycles. The Hall–Kier alpha value is -1.14. The van der Waals surface area contributed by atoms with E-state index in [4.69, 9.17) is 0 Å². The molecule has 64 valence electrons. The Kier molecular flexibility index (Phi) is 1.79. The molecule has 0 unspecified atom stereocenters. The van der Waals surface area contributed by atoms with Crippen molar-refractivity contribution < 1.29 is 31.8 Å². The molecule has 0 saturated carbocycles. The third kappa shape index (κ3) is 2.17. The highest BCUT2D eigenvalue weighted by molar-refractivity contribution is 4.87. The molecule has 0 saturated heterocycles. The SMILES string of the molecule is FC1=C(OC(F)(F)F)OCO1. The van der Waals surface area contributed by atoms with Crippen LogP contribution in [0, 0.1) is 0 Å². The van der Waals surface area contributed by atoms with Gasteiger partial charge in [0.05, 0.1) is 0 Å². The fourth-order valence-electron chi connectivity index (χ4n) is 0.425. The molecule has 0 atom stereocenters. The molecule has 3 nitrogen and oxygen atoms in total. The van der Waals surface area contributed by atoms with Crippen LogP contribution in [0.5, 0.6) is 0 Å². The topological polar surface area (TPSA) is 27.7 Å². The zero-order valence-corrected chi connectivity index (χ0v) is 4.94. The lowest BCUT2D eigenvalue weighted by molar-refractivity contribution is -0.321. The number of ether oxygens (including phenoxy) is 3. The molecule has 0 aromatic heterocycles. The monoisotopic (exact) mass is 174 g/mol. The van der Waals surface area contributed by atoms with E-state index in [0.29, 0.717) is 0 Å². The minimum Gasteiger partial charge on any atom is -0.428 e. The van der Waals surface area contributed by atoms with Crippen LogP contribution in [0.15, 0.2) is 12.0 Å². The van der Waals surface area contributed by atoms with E-state index in [9.17, 15) is 17.6 Å². The van der Waals surface area contributed by atoms with E-state index in [-0.39, 0.29) is 0 Å². The zero-order chi connectivity index (χ0) is 8.48. The van der Waals surface area contributed by atoms with Crippen LogP contribution in [0.1, 0.15) is 0 Å². The summed E-state index contributed by atoms with van der Waals surface area (Å²) in [6, 6.07) is -1.50. The van der Waals surface area contributed by atoms with Crippen molar-refractivity contribution in [1.82, 2.24) is 0 Å². The van der Waals surface area contributed by atoms with Crippen molar-refractivity contribution in [3.05, 3.63) is 12.0 Å². The van der Waals surface area contributed by atoms with Gasteiger partial charge in [0.25, 0.3) is 0 Å². The predicted octanol–water partition coefficient (Wildman–Crippen LogP) is 1.62. The molecular formula is C4H2F4O3. The van der Waals surface area contributed by atoms with Crippen LogP contribution >= 0.6 is 0 Å². The van der Waals surface area contributed by atoms with Gasteiger partial charge in [0.1, 0.15) is 0 Å². The normalized spacial score (nSPS) is 17.8. The molecule has 0 aliphatic carbocycles. The molecule has 0 radical (unpaired) electrons. The van der Waals surface area contributed by atoms with Gasteiger partial charge in [-0.2, -0.15) is 4.39 Å². The molecule has 0 spiro atoms. The second-order valence-corrected chi connectivity index (χ2v) is 1.52. The van der Waals surface area contributed by atoms with Crippen LogP contribution in [-0.4, -0.2) is 13.2 Å². The maximum Gasteiger partial charge on any atom is 0.575 e. The van der Waals surface area contributed by atoms with Crippen LogP contribution < -0.4 is 0 Å². The van der Waals surface area contributed by atoms with Crippen molar-refractivity contribution in [2.75, 3.05) is 6.79 Å². The number of hydrogen-bond donors (Lipinski definition) is 0. The summed E-state index contributed by atoms with van der Waals surface area (Å²) in [4.78, 5) is 0. The highest BCUT2D eigenvalue weighted by Crippen LogP contribution is 2.26. The van der Waals surface area contributed by atoms with Crippen LogP contribution in [0.3, 0.4) is 0 Å². The van der Waals surface area contributed by atoms with Gasteiger partial charge in [-0.25, -0.2) is 0 Å². The van der Waals surface area contributed by atoms with Crippen LogP contribution in [0.4, 0.5) is 17.6 Å². The van der Waals surface area contributed by atoms with Crippen molar-refractivity contribution in [3.8, 4) is 0 Å². The van der Waals surface area contributed by atoms with E-state index in [1.165, 1.54) is 0 Å². The lowest BCUT2D eigenvalue weighted by Crippen LogP contribution is -2.13. The molecule has 1 aliphatic heterocycles. The first kappa shape index (κ1) is 7.96. The Morgan fingerprint density at radius 3 is 2.27 bits per heavy atom. The lowest BCUT2D eigenvalue weighted by atomic mass is 10.9. The molecule has 0 aromatic carbocycles. The summed E-state index contributed by atoms with van der Waals surface area (Å²) in [5.41, 5.74) is 0. The first-order chi connectivity index (χ1) is 4.99. The highest BCUT2D eigenvalue weighted by Gasteiger charge is 2.37. The van der Waals surface area contributed by atoms with E-state index >= 15 is 0 Å². The van der Waals surface area contributed by atoms with Gasteiger partial charge in [-0.1, -0.05) is 0 Å². The molecule has 0 amide bonds. The second-order valence-electron chi connectivity index (χ2n) is 1.52. The standard InChI is InChI=1S/C4H2F4O3/c5-2-3(10-1-9-2)11-4(6,7)8/h1H2. The van der Waals surface area contributed by atoms with E-state index < -0.39 is 25.1 Å². The Morgan fingerprint density at radius 1 is 1.27 bits per heavy atom. The van der Waals surface area contributed by atoms with E-state index in [1.54, 1.807) is 0 Å². The largest absolute Gasteiger partial charge is 0.575 e. The third-order valence-electron chi connectivity index (χ3n) is 0.745. The van der Waals surface area contributed by atoms with Gasteiger partial charge >= 0.3 is 18.3 Å². The summed E-state index contributed by atoms with van der Waals surface area (Å²) in [5.74, 6) is -1.28. The average Bonchev–Trinajstić information content (AvgIpc) is 2.12. The zero-order valence-electron chi connectivity index (χ0n) is 4.94. The maximum atomic E-state index is 12.0. The Labute approximate surface area is 58.1 Å². The van der Waals surface area contributed by atoms with E-state index in [2.05, 4.69) is 14.2 Å². The summed E-state index contributed by atoms with van der Waals surface area (Å²) < 4.78 is 56.9. The van der Waals surface area contributed by atoms with Crippen LogP contribution in [0.2, 0.25) is 0 Å². The van der Waals surface area contributed by atoms with Crippen molar-refractivity contribution >= 4 is 0 Å². The van der Waals surface area contributed by atoms with Crippen LogP contribution in [0.25, 0.3) is 0 Å². The van der Waals surface area contributed by atoms with Crippen molar-refractivity contribution in [1.29, 1.82) is 0 Å². The summed E-state index contributed by atoms with van der Waals surface area (Å²) >= 11 is 0. The first-order valence-electron chi connectivity index (χ1n) is 2.40. The Morgan fingerprint density at radius 2 is 1.91 bits per heavy atom. The molecular weight excluding hydrogens is 172 g/mol. The van der Waals surface area contributed by atoms with Gasteiger partial charge in [0.2, 0.25) is 6.79 Å². The minimum absolute atomic E-state index is 0.600. The van der Waals surface area contributed by atoms with Gasteiger partial charge in [-0.15, -0.1) is 13.2 Å². The quantitative estimate of drug-likeness (QED) is 0.565. The molecule has 0 bridgehead atoms. The van der Waals surface area contributed by atoms with Gasteiger partial charge in [-0.3, -0.25) is 0 Å². The van der Waals surface area contributed by atoms with Crippen LogP contribution in [-0.2, 0) is 14.2 Å². The number of alkyl halides is 3. The third-order valence-corrected chi connectivity index (χ3v) is 0.745. The van der Waals surface area contributed by atoms with Gasteiger partial charge in [-0.05, 0) is 0 Å². The van der Waals surface area contributed by atoms with E-state index in [0.717, 1.165) is 0 Å². The smallest absolute Gasteiger partial charge is 0.428 e. The molecule has 0 N–H and O–H groups in total. The van der Waals surface area contributed by atoms with Crippen molar-refractivity contribution in [2.24, 2.45) is 0 Å². The first-order valence-corrected chi connectivity index (χ1v) is 2.40. The number of hydrogen-bond acceptors (Lipinski definition) is 3. The molecule has 1 rings (SSSR count). The second kappa shape index (κ2) is 2.48. The maximum absolute atomic E-state index is 12.0. The molecule has 0 aromatic rings. The van der Waals surface area contributed by atoms with Gasteiger partial charge in [0, 0.05) is 0 Å². The molecule has 1 aliphatic rings. The molecule has 0 fully saturated rings. The fraction of sp³-hybridized carbons (Fsp3) is 0.500. The summed E-state index contributed by atoms with van der Waals surface area (Å²) in [5, 5.41) is 0. The number of halogens is 4. The fourth-order valence-corrected chi connectivity index (χ4v) is 0.425. The Balaban J connectivity index is 2.56. The summed E-state index contributed by atoms with van der Waals surface area (Å²) in [6.45, 7) is -0.600. The average molecular weight is 174 g/mol. The Bertz CT molecular complexity index is 184. The van der Waals surface area contributed by atoms with Crippen molar-refractivity contribution in [3.63, 3.8) is 0 Å². The lowest BCUT2D eigenvalue weighted by Gasteiger charge is -2.06. The summed E-state index contributed by atoms with van der Waals surface area (Å²) in [6.07, 6.45) is -4.96. The minimum atomic E-state index is -4.96. The molecule has 11 heavy (non-hydrogen) atoms. The van der Waals surface area contributed by atoms with Gasteiger partial charge < -0.3 is 14.2 Å². The molecule has 7 heteroatoms. The highest BCUT2D eigenvalue weighted by atomic mass is 19.4. The van der Waals surface area contributed by atoms with Crippen molar-refractivity contribution in [2.45, 2.75) is 6.36 Å².